The molecule has 0 aromatic heterocycles. The Labute approximate surface area is 120 Å². The quantitative estimate of drug-likeness (QED) is 0.404. The summed E-state index contributed by atoms with van der Waals surface area (Å²) in [6, 6.07) is 0. The van der Waals surface area contributed by atoms with E-state index in [0.717, 1.165) is 32.1 Å². The predicted molar refractivity (Wildman–Crippen MR) is 71.9 cm³/mol. The number of ether oxygens (including phenoxy) is 2. The fraction of sp³-hybridized carbons (Fsp3) is 0.917. The third-order valence-electron chi connectivity index (χ3n) is 2.92. The zero-order valence-corrected chi connectivity index (χ0v) is 12.6. The average Bonchev–Trinajstić information content (AvgIpc) is 2.34. The van der Waals surface area contributed by atoms with Crippen LogP contribution in [0.4, 0.5) is 8.78 Å². The summed E-state index contributed by atoms with van der Waals surface area (Å²) in [7, 11) is 0. The highest BCUT2D eigenvalue weighted by Crippen LogP contribution is 2.25. The first kappa shape index (κ1) is 16.1. The van der Waals surface area contributed by atoms with Gasteiger partial charge in [-0.15, -0.1) is 0 Å². The van der Waals surface area contributed by atoms with Crippen molar-refractivity contribution in [3.05, 3.63) is 0 Å². The SMILES string of the molecule is CC(F)(F)OCC(CI)OC(=O)C1CCCCC1. The van der Waals surface area contributed by atoms with Crippen LogP contribution in [0.3, 0.4) is 0 Å². The molecule has 0 heterocycles. The molecule has 1 unspecified atom stereocenters. The van der Waals surface area contributed by atoms with Gasteiger partial charge >= 0.3 is 12.1 Å². The number of rotatable bonds is 6. The van der Waals surface area contributed by atoms with Crippen molar-refractivity contribution >= 4 is 28.6 Å². The third-order valence-corrected chi connectivity index (χ3v) is 3.90. The van der Waals surface area contributed by atoms with Gasteiger partial charge in [-0.1, -0.05) is 41.9 Å². The molecule has 0 radical (unpaired) electrons. The minimum absolute atomic E-state index is 0.0636. The van der Waals surface area contributed by atoms with E-state index < -0.39 is 12.2 Å². The maximum Gasteiger partial charge on any atom is 0.353 e. The molecule has 1 fully saturated rings. The summed E-state index contributed by atoms with van der Waals surface area (Å²) in [6.45, 7) is 0.422. The molecular formula is C12H19F2IO3. The Morgan fingerprint density at radius 3 is 2.50 bits per heavy atom. The van der Waals surface area contributed by atoms with E-state index in [4.69, 9.17) is 4.74 Å². The summed E-state index contributed by atoms with van der Waals surface area (Å²) >= 11 is 2.00. The van der Waals surface area contributed by atoms with Crippen molar-refractivity contribution in [2.45, 2.75) is 51.2 Å². The van der Waals surface area contributed by atoms with Crippen molar-refractivity contribution in [2.24, 2.45) is 5.92 Å². The molecular weight excluding hydrogens is 357 g/mol. The highest BCUT2D eigenvalue weighted by molar-refractivity contribution is 14.1. The average molecular weight is 376 g/mol. The topological polar surface area (TPSA) is 35.5 Å². The summed E-state index contributed by atoms with van der Waals surface area (Å²) in [5.41, 5.74) is 0. The van der Waals surface area contributed by atoms with Crippen molar-refractivity contribution in [1.82, 2.24) is 0 Å². The van der Waals surface area contributed by atoms with E-state index >= 15 is 0 Å². The second kappa shape index (κ2) is 7.57. The highest BCUT2D eigenvalue weighted by atomic mass is 127. The minimum atomic E-state index is -3.18. The molecule has 0 aromatic rings. The molecule has 1 aliphatic carbocycles. The van der Waals surface area contributed by atoms with Gasteiger partial charge < -0.3 is 9.47 Å². The van der Waals surface area contributed by atoms with E-state index in [2.05, 4.69) is 4.74 Å². The Hall–Kier alpha value is 0.0200. The summed E-state index contributed by atoms with van der Waals surface area (Å²) in [5, 5.41) is 0. The number of esters is 1. The summed E-state index contributed by atoms with van der Waals surface area (Å²) in [6.07, 6.45) is 1.16. The van der Waals surface area contributed by atoms with E-state index in [0.29, 0.717) is 11.4 Å². The van der Waals surface area contributed by atoms with Crippen LogP contribution in [0.25, 0.3) is 0 Å². The maximum atomic E-state index is 12.5. The predicted octanol–water partition coefficient (Wildman–Crippen LogP) is 3.54. The number of hydrogen-bond donors (Lipinski definition) is 0. The van der Waals surface area contributed by atoms with Crippen LogP contribution in [0.5, 0.6) is 0 Å². The minimum Gasteiger partial charge on any atom is -0.459 e. The van der Waals surface area contributed by atoms with Gasteiger partial charge in [0, 0.05) is 11.4 Å². The van der Waals surface area contributed by atoms with Crippen LogP contribution in [0.2, 0.25) is 0 Å². The molecule has 1 saturated carbocycles. The Morgan fingerprint density at radius 1 is 1.39 bits per heavy atom. The first-order valence-electron chi connectivity index (χ1n) is 6.20. The Bertz CT molecular complexity index is 263. The van der Waals surface area contributed by atoms with Crippen LogP contribution in [0.15, 0.2) is 0 Å². The molecule has 3 nitrogen and oxygen atoms in total. The van der Waals surface area contributed by atoms with Crippen LogP contribution in [-0.2, 0) is 14.3 Å². The fourth-order valence-corrected chi connectivity index (χ4v) is 2.38. The summed E-state index contributed by atoms with van der Waals surface area (Å²) in [5.74, 6) is -0.328. The van der Waals surface area contributed by atoms with Crippen LogP contribution >= 0.6 is 22.6 Å². The molecule has 106 valence electrons. The molecule has 1 atom stereocenters. The number of halogens is 3. The van der Waals surface area contributed by atoms with Crippen LogP contribution in [0.1, 0.15) is 39.0 Å². The third kappa shape index (κ3) is 6.26. The lowest BCUT2D eigenvalue weighted by Gasteiger charge is -2.24. The van der Waals surface area contributed by atoms with Crippen molar-refractivity contribution in [3.63, 3.8) is 0 Å². The molecule has 18 heavy (non-hydrogen) atoms. The first-order chi connectivity index (χ1) is 8.42. The number of hydrogen-bond acceptors (Lipinski definition) is 3. The number of carbonyl (C=O) groups is 1. The van der Waals surface area contributed by atoms with E-state index in [1.54, 1.807) is 0 Å². The van der Waals surface area contributed by atoms with Gasteiger partial charge in [-0.3, -0.25) is 4.79 Å². The molecule has 0 amide bonds. The lowest BCUT2D eigenvalue weighted by atomic mass is 9.89. The molecule has 1 rings (SSSR count). The zero-order valence-electron chi connectivity index (χ0n) is 10.5. The van der Waals surface area contributed by atoms with Gasteiger partial charge in [-0.05, 0) is 12.8 Å². The van der Waals surface area contributed by atoms with Crippen molar-refractivity contribution < 1.29 is 23.0 Å². The molecule has 0 aliphatic heterocycles. The lowest BCUT2D eigenvalue weighted by Crippen LogP contribution is -2.32. The molecule has 0 bridgehead atoms. The number of alkyl halides is 3. The van der Waals surface area contributed by atoms with Crippen LogP contribution < -0.4 is 0 Å². The monoisotopic (exact) mass is 376 g/mol. The second-order valence-electron chi connectivity index (χ2n) is 4.67. The van der Waals surface area contributed by atoms with Crippen LogP contribution in [-0.4, -0.2) is 29.2 Å². The first-order valence-corrected chi connectivity index (χ1v) is 7.73. The second-order valence-corrected chi connectivity index (χ2v) is 5.55. The van der Waals surface area contributed by atoms with Crippen molar-refractivity contribution in [3.8, 4) is 0 Å². The van der Waals surface area contributed by atoms with Gasteiger partial charge in [0.05, 0.1) is 12.5 Å². The van der Waals surface area contributed by atoms with Gasteiger partial charge in [-0.2, -0.15) is 8.78 Å². The van der Waals surface area contributed by atoms with Gasteiger partial charge in [0.25, 0.3) is 0 Å². The summed E-state index contributed by atoms with van der Waals surface area (Å²) < 4.78 is 35.1. The van der Waals surface area contributed by atoms with Gasteiger partial charge in [0.1, 0.15) is 6.10 Å². The summed E-state index contributed by atoms with van der Waals surface area (Å²) in [4.78, 5) is 11.8. The molecule has 6 heteroatoms. The van der Waals surface area contributed by atoms with Crippen molar-refractivity contribution in [1.29, 1.82) is 0 Å². The van der Waals surface area contributed by atoms with E-state index in [1.807, 2.05) is 22.6 Å². The van der Waals surface area contributed by atoms with E-state index in [1.165, 1.54) is 0 Å². The standard InChI is InChI=1S/C12H19F2IO3/c1-12(13,14)17-8-10(7-15)18-11(16)9-5-3-2-4-6-9/h9-10H,2-8H2,1H3. The Morgan fingerprint density at radius 2 is 2.00 bits per heavy atom. The van der Waals surface area contributed by atoms with Crippen molar-refractivity contribution in [2.75, 3.05) is 11.0 Å². The van der Waals surface area contributed by atoms with Gasteiger partial charge in [0.2, 0.25) is 0 Å². The molecule has 0 spiro atoms. The van der Waals surface area contributed by atoms with Gasteiger partial charge in [-0.25, -0.2) is 0 Å². The Balaban J connectivity index is 2.34. The van der Waals surface area contributed by atoms with E-state index in [-0.39, 0.29) is 18.5 Å². The van der Waals surface area contributed by atoms with E-state index in [9.17, 15) is 13.6 Å². The molecule has 0 saturated heterocycles. The fourth-order valence-electron chi connectivity index (χ4n) is 1.95. The zero-order chi connectivity index (χ0) is 13.6. The normalized spacial score (nSPS) is 19.6. The van der Waals surface area contributed by atoms with Crippen LogP contribution in [0, 0.1) is 5.92 Å². The highest BCUT2D eigenvalue weighted by Gasteiger charge is 2.28. The maximum absolute atomic E-state index is 12.5. The molecule has 0 aromatic carbocycles. The molecule has 0 N–H and O–H groups in total. The smallest absolute Gasteiger partial charge is 0.353 e. The van der Waals surface area contributed by atoms with Gasteiger partial charge in [0.15, 0.2) is 0 Å². The lowest BCUT2D eigenvalue weighted by molar-refractivity contribution is -0.236. The Kier molecular flexibility index (Phi) is 6.76. The molecule has 1 aliphatic rings. The number of carbonyl (C=O) groups excluding carboxylic acids is 1. The largest absolute Gasteiger partial charge is 0.459 e.